The van der Waals surface area contributed by atoms with Crippen molar-refractivity contribution in [3.63, 3.8) is 0 Å². The Kier molecular flexibility index (Phi) is 4.74. The molecule has 0 aliphatic heterocycles. The smallest absolute Gasteiger partial charge is 0.354 e. The third-order valence-corrected chi connectivity index (χ3v) is 3.75. The molecule has 0 bridgehead atoms. The van der Waals surface area contributed by atoms with E-state index in [0.717, 1.165) is 16.9 Å². The van der Waals surface area contributed by atoms with E-state index in [1.807, 2.05) is 24.3 Å². The molecule has 2 N–H and O–H groups in total. The zero-order valence-electron chi connectivity index (χ0n) is 14.3. The van der Waals surface area contributed by atoms with Crippen LogP contribution in [0.5, 0.6) is 5.75 Å². The van der Waals surface area contributed by atoms with Crippen LogP contribution in [0.25, 0.3) is 22.5 Å². The molecule has 0 aliphatic rings. The summed E-state index contributed by atoms with van der Waals surface area (Å²) in [6, 6.07) is 9.27. The van der Waals surface area contributed by atoms with Crippen LogP contribution >= 0.6 is 0 Å². The number of benzene rings is 1. The van der Waals surface area contributed by atoms with Crippen LogP contribution in [0.15, 0.2) is 41.1 Å². The number of carbonyl (C=O) groups is 1. The van der Waals surface area contributed by atoms with Crippen molar-refractivity contribution in [1.29, 1.82) is 0 Å². The van der Waals surface area contributed by atoms with Gasteiger partial charge < -0.3 is 24.3 Å². The maximum atomic E-state index is 11.9. The number of nitrogens with zero attached hydrogens (tertiary/aromatic N) is 1. The molecule has 2 aromatic heterocycles. The molecular formula is C18H19N3O4. The number of nitrogens with one attached hydrogen (secondary N) is 2. The molecule has 3 aromatic rings. The van der Waals surface area contributed by atoms with Gasteiger partial charge >= 0.3 is 5.97 Å². The van der Waals surface area contributed by atoms with Gasteiger partial charge in [-0.05, 0) is 30.7 Å². The Morgan fingerprint density at radius 1 is 1.28 bits per heavy atom. The SMILES string of the molecule is CCOC(=O)c1cc(-c2onc(NC)c2-c2ccc(OC)cc2)c[nH]1. The summed E-state index contributed by atoms with van der Waals surface area (Å²) in [6.45, 7) is 2.08. The van der Waals surface area contributed by atoms with Crippen molar-refractivity contribution in [1.82, 2.24) is 10.1 Å². The van der Waals surface area contributed by atoms with Crippen molar-refractivity contribution < 1.29 is 18.8 Å². The second-order valence-corrected chi connectivity index (χ2v) is 5.24. The van der Waals surface area contributed by atoms with Crippen LogP contribution in [0.2, 0.25) is 0 Å². The number of anilines is 1. The van der Waals surface area contributed by atoms with E-state index in [0.29, 0.717) is 29.4 Å². The van der Waals surface area contributed by atoms with E-state index >= 15 is 0 Å². The number of esters is 1. The molecule has 0 fully saturated rings. The summed E-state index contributed by atoms with van der Waals surface area (Å²) in [6.07, 6.45) is 1.69. The van der Waals surface area contributed by atoms with E-state index in [4.69, 9.17) is 14.0 Å². The Hall–Kier alpha value is -3.22. The topological polar surface area (TPSA) is 89.4 Å². The first-order valence-electron chi connectivity index (χ1n) is 7.85. The number of methoxy groups -OCH3 is 1. The van der Waals surface area contributed by atoms with Gasteiger partial charge in [0, 0.05) is 18.8 Å². The normalized spacial score (nSPS) is 10.5. The first kappa shape index (κ1) is 16.6. The van der Waals surface area contributed by atoms with Crippen molar-refractivity contribution in [2.24, 2.45) is 0 Å². The van der Waals surface area contributed by atoms with E-state index in [-0.39, 0.29) is 0 Å². The van der Waals surface area contributed by atoms with Gasteiger partial charge in [-0.25, -0.2) is 4.79 Å². The van der Waals surface area contributed by atoms with E-state index in [1.165, 1.54) is 0 Å². The summed E-state index contributed by atoms with van der Waals surface area (Å²) in [7, 11) is 3.39. The Morgan fingerprint density at radius 3 is 2.68 bits per heavy atom. The average Bonchev–Trinajstić information content (AvgIpc) is 3.28. The maximum absolute atomic E-state index is 11.9. The lowest BCUT2D eigenvalue weighted by molar-refractivity contribution is 0.0520. The second-order valence-electron chi connectivity index (χ2n) is 5.24. The van der Waals surface area contributed by atoms with Gasteiger partial charge in [-0.2, -0.15) is 0 Å². The van der Waals surface area contributed by atoms with E-state index in [9.17, 15) is 4.79 Å². The standard InChI is InChI=1S/C18H19N3O4/c1-4-24-18(22)14-9-12(10-20-14)16-15(17(19-2)21-25-16)11-5-7-13(23-3)8-6-11/h5-10,20H,4H2,1-3H3,(H,19,21). The predicted octanol–water partition coefficient (Wildman–Crippen LogP) is 3.56. The molecule has 0 amide bonds. The van der Waals surface area contributed by atoms with Crippen molar-refractivity contribution >= 4 is 11.8 Å². The zero-order chi connectivity index (χ0) is 17.8. The third kappa shape index (κ3) is 3.21. The van der Waals surface area contributed by atoms with Crippen molar-refractivity contribution in [2.75, 3.05) is 26.1 Å². The van der Waals surface area contributed by atoms with E-state index in [1.54, 1.807) is 33.3 Å². The number of aromatic amines is 1. The Morgan fingerprint density at radius 2 is 2.04 bits per heavy atom. The van der Waals surface area contributed by atoms with Crippen LogP contribution in [-0.4, -0.2) is 36.9 Å². The Balaban J connectivity index is 2.02. The summed E-state index contributed by atoms with van der Waals surface area (Å²) in [5.74, 6) is 1.52. The largest absolute Gasteiger partial charge is 0.497 e. The molecule has 1 aromatic carbocycles. The van der Waals surface area contributed by atoms with Crippen LogP contribution in [-0.2, 0) is 4.74 Å². The van der Waals surface area contributed by atoms with Crippen molar-refractivity contribution in [3.05, 3.63) is 42.2 Å². The predicted molar refractivity (Wildman–Crippen MR) is 93.8 cm³/mol. The highest BCUT2D eigenvalue weighted by Gasteiger charge is 2.21. The lowest BCUT2D eigenvalue weighted by Gasteiger charge is -2.05. The minimum Gasteiger partial charge on any atom is -0.497 e. The van der Waals surface area contributed by atoms with Gasteiger partial charge in [-0.15, -0.1) is 0 Å². The quantitative estimate of drug-likeness (QED) is 0.666. The lowest BCUT2D eigenvalue weighted by atomic mass is 10.0. The summed E-state index contributed by atoms with van der Waals surface area (Å²) in [5.41, 5.74) is 2.79. The lowest BCUT2D eigenvalue weighted by Crippen LogP contribution is -2.04. The second kappa shape index (κ2) is 7.12. The number of hydrogen-bond donors (Lipinski definition) is 2. The first-order chi connectivity index (χ1) is 12.2. The van der Waals surface area contributed by atoms with E-state index in [2.05, 4.69) is 15.5 Å². The van der Waals surface area contributed by atoms with E-state index < -0.39 is 5.97 Å². The molecule has 0 saturated heterocycles. The molecule has 0 radical (unpaired) electrons. The van der Waals surface area contributed by atoms with Crippen molar-refractivity contribution in [3.8, 4) is 28.2 Å². The molecule has 7 nitrogen and oxygen atoms in total. The molecule has 0 atom stereocenters. The molecule has 130 valence electrons. The molecule has 0 spiro atoms. The Bertz CT molecular complexity index is 865. The average molecular weight is 341 g/mol. The number of aromatic nitrogens is 2. The number of rotatable bonds is 6. The molecule has 0 aliphatic carbocycles. The van der Waals surface area contributed by atoms with Crippen LogP contribution in [0.1, 0.15) is 17.4 Å². The summed E-state index contributed by atoms with van der Waals surface area (Å²) >= 11 is 0. The molecule has 3 rings (SSSR count). The first-order valence-corrected chi connectivity index (χ1v) is 7.85. The van der Waals surface area contributed by atoms with Crippen LogP contribution in [0, 0.1) is 0 Å². The summed E-state index contributed by atoms with van der Waals surface area (Å²) in [4.78, 5) is 14.8. The van der Waals surface area contributed by atoms with Crippen LogP contribution in [0.3, 0.4) is 0 Å². The maximum Gasteiger partial charge on any atom is 0.354 e. The highest BCUT2D eigenvalue weighted by Crippen LogP contribution is 2.38. The van der Waals surface area contributed by atoms with Crippen LogP contribution in [0.4, 0.5) is 5.82 Å². The summed E-state index contributed by atoms with van der Waals surface area (Å²) < 4.78 is 15.7. The number of ether oxygens (including phenoxy) is 2. The fraction of sp³-hybridized carbons (Fsp3) is 0.222. The van der Waals surface area contributed by atoms with Crippen LogP contribution < -0.4 is 10.1 Å². The molecule has 7 heteroatoms. The highest BCUT2D eigenvalue weighted by molar-refractivity contribution is 5.92. The molecule has 0 unspecified atom stereocenters. The third-order valence-electron chi connectivity index (χ3n) is 3.75. The van der Waals surface area contributed by atoms with Gasteiger partial charge in [0.05, 0.1) is 19.3 Å². The fourth-order valence-electron chi connectivity index (χ4n) is 2.54. The molecule has 25 heavy (non-hydrogen) atoms. The van der Waals surface area contributed by atoms with Gasteiger partial charge in [0.1, 0.15) is 11.4 Å². The minimum absolute atomic E-state index is 0.316. The van der Waals surface area contributed by atoms with Crippen molar-refractivity contribution in [2.45, 2.75) is 6.92 Å². The monoisotopic (exact) mass is 341 g/mol. The minimum atomic E-state index is -0.409. The van der Waals surface area contributed by atoms with Gasteiger partial charge in [-0.1, -0.05) is 17.3 Å². The number of hydrogen-bond acceptors (Lipinski definition) is 6. The van der Waals surface area contributed by atoms with Gasteiger partial charge in [0.25, 0.3) is 0 Å². The molecule has 2 heterocycles. The zero-order valence-corrected chi connectivity index (χ0v) is 14.3. The van der Waals surface area contributed by atoms with Gasteiger partial charge in [0.15, 0.2) is 11.6 Å². The van der Waals surface area contributed by atoms with Gasteiger partial charge in [-0.3, -0.25) is 0 Å². The molecule has 0 saturated carbocycles. The molecular weight excluding hydrogens is 322 g/mol. The Labute approximate surface area is 144 Å². The number of carbonyl (C=O) groups excluding carboxylic acids is 1. The summed E-state index contributed by atoms with van der Waals surface area (Å²) in [5, 5.41) is 7.10. The number of H-pyrrole nitrogens is 1. The fourth-order valence-corrected chi connectivity index (χ4v) is 2.54. The highest BCUT2D eigenvalue weighted by atomic mass is 16.5. The van der Waals surface area contributed by atoms with Gasteiger partial charge in [0.2, 0.25) is 0 Å².